The summed E-state index contributed by atoms with van der Waals surface area (Å²) < 4.78 is 26.8. The lowest BCUT2D eigenvalue weighted by molar-refractivity contribution is -0.387. The van der Waals surface area contributed by atoms with Gasteiger partial charge in [0.15, 0.2) is 4.90 Å². The number of benzene rings is 2. The fourth-order valence-corrected chi connectivity index (χ4v) is 3.32. The predicted molar refractivity (Wildman–Crippen MR) is 81.8 cm³/mol. The van der Waals surface area contributed by atoms with E-state index in [9.17, 15) is 23.6 Å². The molecular weight excluding hydrogens is 332 g/mol. The van der Waals surface area contributed by atoms with Crippen molar-refractivity contribution in [1.29, 1.82) is 0 Å². The van der Waals surface area contributed by atoms with Crippen LogP contribution in [-0.2, 0) is 10.0 Å². The van der Waals surface area contributed by atoms with Gasteiger partial charge in [0.25, 0.3) is 15.7 Å². The lowest BCUT2D eigenvalue weighted by Crippen LogP contribution is -2.14. The molecule has 22 heavy (non-hydrogen) atoms. The number of para-hydroxylation sites is 1. The summed E-state index contributed by atoms with van der Waals surface area (Å²) in [6.07, 6.45) is 0. The van der Waals surface area contributed by atoms with Crippen LogP contribution in [0, 0.1) is 17.0 Å². The minimum absolute atomic E-state index is 0.0275. The maximum Gasteiger partial charge on any atom is 0.289 e. The molecule has 2 aromatic carbocycles. The maximum absolute atomic E-state index is 12.3. The van der Waals surface area contributed by atoms with Crippen LogP contribution in [0.4, 0.5) is 11.4 Å². The van der Waals surface area contributed by atoms with Gasteiger partial charge in [-0.2, -0.15) is 0 Å². The molecule has 0 unspecified atom stereocenters. The smallest absolute Gasteiger partial charge is 0.289 e. The Bertz CT molecular complexity index is 828. The number of phenols is 1. The van der Waals surface area contributed by atoms with E-state index in [1.54, 1.807) is 6.92 Å². The number of hydrogen-bond acceptors (Lipinski definition) is 5. The molecule has 0 atom stereocenters. The van der Waals surface area contributed by atoms with Gasteiger partial charge in [-0.05, 0) is 30.7 Å². The Morgan fingerprint density at radius 1 is 1.27 bits per heavy atom. The summed E-state index contributed by atoms with van der Waals surface area (Å²) in [6, 6.07) is 7.58. The molecule has 0 bridgehead atoms. The van der Waals surface area contributed by atoms with Gasteiger partial charge in [-0.25, -0.2) is 8.42 Å². The van der Waals surface area contributed by atoms with Crippen LogP contribution < -0.4 is 4.72 Å². The predicted octanol–water partition coefficient (Wildman–Crippen LogP) is 3.06. The molecular formula is C13H11ClN2O5S. The van der Waals surface area contributed by atoms with Crippen molar-refractivity contribution in [3.05, 3.63) is 57.1 Å². The zero-order valence-corrected chi connectivity index (χ0v) is 12.9. The largest absolute Gasteiger partial charge is 0.506 e. The molecule has 0 heterocycles. The first kappa shape index (κ1) is 16.1. The average Bonchev–Trinajstić information content (AvgIpc) is 2.44. The van der Waals surface area contributed by atoms with E-state index in [1.165, 1.54) is 24.3 Å². The third-order valence-electron chi connectivity index (χ3n) is 2.86. The van der Waals surface area contributed by atoms with Crippen molar-refractivity contribution in [1.82, 2.24) is 0 Å². The number of nitrogens with one attached hydrogen (secondary N) is 1. The van der Waals surface area contributed by atoms with Crippen molar-refractivity contribution in [3.63, 3.8) is 0 Å². The fraction of sp³-hybridized carbons (Fsp3) is 0.0769. The standard InChI is InChI=1S/C13H11ClN2O5S/c1-8-6-9(7-10(14)13(8)17)15-22(20,21)12-5-3-2-4-11(12)16(18)19/h2-7,15,17H,1H3. The quantitative estimate of drug-likeness (QED) is 0.504. The average molecular weight is 343 g/mol. The van der Waals surface area contributed by atoms with Gasteiger partial charge in [-0.1, -0.05) is 23.7 Å². The highest BCUT2D eigenvalue weighted by Crippen LogP contribution is 2.32. The molecule has 0 spiro atoms. The Balaban J connectivity index is 2.47. The number of aromatic hydroxyl groups is 1. The van der Waals surface area contributed by atoms with Crippen molar-refractivity contribution in [2.75, 3.05) is 4.72 Å². The van der Waals surface area contributed by atoms with Gasteiger partial charge in [0, 0.05) is 6.07 Å². The molecule has 0 saturated heterocycles. The number of hydrogen-bond donors (Lipinski definition) is 2. The molecule has 0 aliphatic rings. The lowest BCUT2D eigenvalue weighted by Gasteiger charge is -2.10. The summed E-state index contributed by atoms with van der Waals surface area (Å²) >= 11 is 5.78. The molecule has 116 valence electrons. The first-order valence-electron chi connectivity index (χ1n) is 5.97. The van der Waals surface area contributed by atoms with Crippen LogP contribution in [-0.4, -0.2) is 18.4 Å². The third-order valence-corrected chi connectivity index (χ3v) is 4.57. The summed E-state index contributed by atoms with van der Waals surface area (Å²) in [4.78, 5) is 9.70. The number of phenolic OH excluding ortho intramolecular Hbond substituents is 1. The van der Waals surface area contributed by atoms with Gasteiger partial charge >= 0.3 is 0 Å². The highest BCUT2D eigenvalue weighted by atomic mass is 35.5. The Kier molecular flexibility index (Phi) is 4.25. The number of nitro benzene ring substituents is 1. The molecule has 0 aromatic heterocycles. The number of aryl methyl sites for hydroxylation is 1. The molecule has 0 saturated carbocycles. The number of sulfonamides is 1. The van der Waals surface area contributed by atoms with Crippen LogP contribution in [0.1, 0.15) is 5.56 Å². The second-order valence-corrected chi connectivity index (χ2v) is 6.51. The van der Waals surface area contributed by atoms with Crippen LogP contribution >= 0.6 is 11.6 Å². The molecule has 9 heteroatoms. The van der Waals surface area contributed by atoms with Crippen LogP contribution in [0.2, 0.25) is 5.02 Å². The van der Waals surface area contributed by atoms with Gasteiger partial charge in [0.2, 0.25) is 0 Å². The Morgan fingerprint density at radius 2 is 1.91 bits per heavy atom. The van der Waals surface area contributed by atoms with Crippen molar-refractivity contribution >= 4 is 33.0 Å². The number of rotatable bonds is 4. The number of halogens is 1. The monoisotopic (exact) mass is 342 g/mol. The van der Waals surface area contributed by atoms with E-state index in [-0.39, 0.29) is 16.5 Å². The second-order valence-electron chi connectivity index (χ2n) is 4.45. The van der Waals surface area contributed by atoms with Crippen LogP contribution in [0.3, 0.4) is 0 Å². The zero-order valence-electron chi connectivity index (χ0n) is 11.3. The summed E-state index contributed by atoms with van der Waals surface area (Å²) in [5.74, 6) is -0.157. The van der Waals surface area contributed by atoms with Gasteiger partial charge in [0.1, 0.15) is 5.75 Å². The lowest BCUT2D eigenvalue weighted by atomic mass is 10.2. The van der Waals surface area contributed by atoms with Crippen LogP contribution in [0.5, 0.6) is 5.75 Å². The summed E-state index contributed by atoms with van der Waals surface area (Å²) in [5, 5.41) is 20.5. The van der Waals surface area contributed by atoms with Gasteiger partial charge in [-0.15, -0.1) is 0 Å². The van der Waals surface area contributed by atoms with E-state index in [0.717, 1.165) is 12.1 Å². The zero-order chi connectivity index (χ0) is 16.5. The van der Waals surface area contributed by atoms with Gasteiger partial charge < -0.3 is 5.11 Å². The first-order chi connectivity index (χ1) is 10.2. The Hall–Kier alpha value is -2.32. The van der Waals surface area contributed by atoms with E-state index < -0.39 is 25.5 Å². The second kappa shape index (κ2) is 5.82. The fourth-order valence-electron chi connectivity index (χ4n) is 1.84. The minimum atomic E-state index is -4.17. The highest BCUT2D eigenvalue weighted by molar-refractivity contribution is 7.92. The van der Waals surface area contributed by atoms with Crippen LogP contribution in [0.15, 0.2) is 41.3 Å². The first-order valence-corrected chi connectivity index (χ1v) is 7.84. The molecule has 0 radical (unpaired) electrons. The topological polar surface area (TPSA) is 110 Å². The molecule has 7 nitrogen and oxygen atoms in total. The van der Waals surface area contributed by atoms with Crippen molar-refractivity contribution in [3.8, 4) is 5.75 Å². The Labute approximate surface area is 131 Å². The highest BCUT2D eigenvalue weighted by Gasteiger charge is 2.25. The molecule has 2 N–H and O–H groups in total. The van der Waals surface area contributed by atoms with Crippen LogP contribution in [0.25, 0.3) is 0 Å². The molecule has 0 aliphatic heterocycles. The molecule has 0 aliphatic carbocycles. The van der Waals surface area contributed by atoms with E-state index >= 15 is 0 Å². The van der Waals surface area contributed by atoms with Crippen molar-refractivity contribution < 1.29 is 18.4 Å². The number of nitro groups is 1. The number of anilines is 1. The van der Waals surface area contributed by atoms with E-state index in [0.29, 0.717) is 5.56 Å². The summed E-state index contributed by atoms with van der Waals surface area (Å²) in [7, 11) is -4.17. The van der Waals surface area contributed by atoms with Crippen molar-refractivity contribution in [2.24, 2.45) is 0 Å². The maximum atomic E-state index is 12.3. The van der Waals surface area contributed by atoms with E-state index in [2.05, 4.69) is 4.72 Å². The van der Waals surface area contributed by atoms with E-state index in [1.807, 2.05) is 0 Å². The number of nitrogens with zero attached hydrogens (tertiary/aromatic N) is 1. The summed E-state index contributed by atoms with van der Waals surface area (Å²) in [6.45, 7) is 1.55. The third kappa shape index (κ3) is 3.12. The van der Waals surface area contributed by atoms with Crippen molar-refractivity contribution in [2.45, 2.75) is 11.8 Å². The molecule has 0 amide bonds. The van der Waals surface area contributed by atoms with Gasteiger partial charge in [0.05, 0.1) is 15.6 Å². The minimum Gasteiger partial charge on any atom is -0.506 e. The molecule has 2 aromatic rings. The van der Waals surface area contributed by atoms with Gasteiger partial charge in [-0.3, -0.25) is 14.8 Å². The Morgan fingerprint density at radius 3 is 2.50 bits per heavy atom. The SMILES string of the molecule is Cc1cc(NS(=O)(=O)c2ccccc2[N+](=O)[O-])cc(Cl)c1O. The molecule has 2 rings (SSSR count). The normalized spacial score (nSPS) is 11.2. The van der Waals surface area contributed by atoms with E-state index in [4.69, 9.17) is 11.6 Å². The summed E-state index contributed by atoms with van der Waals surface area (Å²) in [5.41, 5.74) is -0.0668. The molecule has 0 fully saturated rings.